The molecule has 2 aromatic heterocycles. The van der Waals surface area contributed by atoms with Crippen LogP contribution in [0.25, 0.3) is 10.7 Å². The topological polar surface area (TPSA) is 50.3 Å². The minimum Gasteiger partial charge on any atom is -0.380 e. The molecule has 2 saturated heterocycles. The van der Waals surface area contributed by atoms with Crippen molar-refractivity contribution in [2.75, 3.05) is 36.5 Å². The number of hydrogen-bond acceptors (Lipinski definition) is 6. The number of alkyl halides is 2. The van der Waals surface area contributed by atoms with Crippen molar-refractivity contribution >= 4 is 22.8 Å². The van der Waals surface area contributed by atoms with Crippen molar-refractivity contribution in [2.24, 2.45) is 5.41 Å². The summed E-state index contributed by atoms with van der Waals surface area (Å²) in [6.45, 7) is 5.63. The van der Waals surface area contributed by atoms with E-state index in [2.05, 4.69) is 21.3 Å². The predicted molar refractivity (Wildman–Crippen MR) is 106 cm³/mol. The second-order valence-electron chi connectivity index (χ2n) is 8.51. The van der Waals surface area contributed by atoms with Crippen LogP contribution in [0.4, 0.5) is 20.3 Å². The molecule has 0 aromatic carbocycles. The molecular weight excluding hydrogens is 382 g/mol. The lowest BCUT2D eigenvalue weighted by Gasteiger charge is -2.56. The molecule has 8 heteroatoms. The molecule has 0 radical (unpaired) electrons. The van der Waals surface area contributed by atoms with E-state index in [9.17, 15) is 8.78 Å². The van der Waals surface area contributed by atoms with Gasteiger partial charge in [0.25, 0.3) is 0 Å². The number of nitrogens with zero attached hydrogens (tertiary/aromatic N) is 3. The Morgan fingerprint density at radius 3 is 2.54 bits per heavy atom. The number of anilines is 2. The number of aromatic nitrogens is 2. The van der Waals surface area contributed by atoms with Gasteiger partial charge in [-0.1, -0.05) is 0 Å². The molecule has 5 rings (SSSR count). The van der Waals surface area contributed by atoms with Crippen LogP contribution in [-0.4, -0.2) is 48.2 Å². The summed E-state index contributed by atoms with van der Waals surface area (Å²) in [5.41, 5.74) is 3.25. The molecule has 1 aliphatic carbocycles. The van der Waals surface area contributed by atoms with Gasteiger partial charge in [0, 0.05) is 54.8 Å². The Morgan fingerprint density at radius 2 is 1.93 bits per heavy atom. The summed E-state index contributed by atoms with van der Waals surface area (Å²) in [7, 11) is 0. The van der Waals surface area contributed by atoms with Gasteiger partial charge in [-0.05, 0) is 25.8 Å². The van der Waals surface area contributed by atoms with Crippen LogP contribution >= 0.6 is 11.3 Å². The first-order valence-corrected chi connectivity index (χ1v) is 10.7. The Balaban J connectivity index is 1.38. The van der Waals surface area contributed by atoms with Gasteiger partial charge in [0.15, 0.2) is 0 Å². The van der Waals surface area contributed by atoms with Gasteiger partial charge in [0.05, 0.1) is 18.6 Å². The van der Waals surface area contributed by atoms with E-state index in [-0.39, 0.29) is 18.9 Å². The molecule has 1 N–H and O–H groups in total. The zero-order chi connectivity index (χ0) is 19.4. The molecule has 1 spiro atoms. The van der Waals surface area contributed by atoms with Crippen LogP contribution in [0.1, 0.15) is 31.4 Å². The molecule has 1 saturated carbocycles. The highest BCUT2D eigenvalue weighted by molar-refractivity contribution is 7.13. The molecule has 0 atom stereocenters. The third-order valence-corrected chi connectivity index (χ3v) is 6.93. The maximum Gasteiger partial charge on any atom is 0.248 e. The van der Waals surface area contributed by atoms with Gasteiger partial charge in [-0.2, -0.15) is 0 Å². The van der Waals surface area contributed by atoms with E-state index in [1.807, 2.05) is 18.4 Å². The molecule has 4 heterocycles. The zero-order valence-electron chi connectivity index (χ0n) is 15.9. The van der Waals surface area contributed by atoms with Crippen molar-refractivity contribution in [1.82, 2.24) is 9.97 Å². The second-order valence-corrected chi connectivity index (χ2v) is 9.37. The minimum absolute atomic E-state index is 0.0380. The average molecular weight is 407 g/mol. The minimum atomic E-state index is -2.52. The molecule has 5 nitrogen and oxygen atoms in total. The second kappa shape index (κ2) is 6.62. The number of nitrogens with one attached hydrogen (secondary N) is 1. The quantitative estimate of drug-likeness (QED) is 0.819. The molecule has 28 heavy (non-hydrogen) atoms. The number of halogens is 2. The highest BCUT2D eigenvalue weighted by Gasteiger charge is 2.49. The fourth-order valence-electron chi connectivity index (χ4n) is 4.27. The molecular formula is C20H24F2N4OS. The van der Waals surface area contributed by atoms with Gasteiger partial charge in [-0.25, -0.2) is 18.7 Å². The van der Waals surface area contributed by atoms with Crippen LogP contribution in [0.3, 0.4) is 0 Å². The van der Waals surface area contributed by atoms with E-state index in [1.165, 1.54) is 0 Å². The van der Waals surface area contributed by atoms with Crippen molar-refractivity contribution in [1.29, 1.82) is 0 Å². The Labute approximate surface area is 167 Å². The van der Waals surface area contributed by atoms with Crippen molar-refractivity contribution in [3.8, 4) is 10.7 Å². The van der Waals surface area contributed by atoms with Crippen LogP contribution in [0.5, 0.6) is 0 Å². The standard InChI is InChI=1S/C20H24F2N4OS/c1-13-8-28-18(23-13)16-6-15(26-9-19(10-26)11-27-12-19)7-17(25-16)24-14-2-4-20(21,22)5-3-14/h6-8,14H,2-5,9-12H2,1H3,(H,24,25). The molecule has 150 valence electrons. The van der Waals surface area contributed by atoms with Crippen molar-refractivity contribution < 1.29 is 13.5 Å². The highest BCUT2D eigenvalue weighted by Crippen LogP contribution is 2.42. The van der Waals surface area contributed by atoms with Gasteiger partial charge in [-0.15, -0.1) is 11.3 Å². The van der Waals surface area contributed by atoms with Gasteiger partial charge < -0.3 is 15.0 Å². The Morgan fingerprint density at radius 1 is 1.18 bits per heavy atom. The lowest BCUT2D eigenvalue weighted by Crippen LogP contribution is -2.66. The van der Waals surface area contributed by atoms with Crippen LogP contribution in [0, 0.1) is 12.3 Å². The van der Waals surface area contributed by atoms with E-state index in [0.717, 1.165) is 54.2 Å². The summed E-state index contributed by atoms with van der Waals surface area (Å²) in [6.07, 6.45) is 0.818. The van der Waals surface area contributed by atoms with E-state index in [1.54, 1.807) is 11.3 Å². The maximum absolute atomic E-state index is 13.5. The number of rotatable bonds is 4. The lowest BCUT2D eigenvalue weighted by molar-refractivity contribution is -0.127. The third-order valence-electron chi connectivity index (χ3n) is 5.95. The fraction of sp³-hybridized carbons (Fsp3) is 0.600. The molecule has 2 aromatic rings. The monoisotopic (exact) mass is 406 g/mol. The van der Waals surface area contributed by atoms with Crippen LogP contribution in [-0.2, 0) is 4.74 Å². The van der Waals surface area contributed by atoms with Gasteiger partial charge in [0.2, 0.25) is 5.92 Å². The first kappa shape index (κ1) is 18.2. The van der Waals surface area contributed by atoms with Crippen molar-refractivity contribution in [2.45, 2.75) is 44.6 Å². The van der Waals surface area contributed by atoms with Gasteiger partial charge in [-0.3, -0.25) is 0 Å². The third kappa shape index (κ3) is 3.48. The largest absolute Gasteiger partial charge is 0.380 e. The predicted octanol–water partition coefficient (Wildman–Crippen LogP) is 4.34. The highest BCUT2D eigenvalue weighted by atomic mass is 32.1. The molecule has 0 amide bonds. The van der Waals surface area contributed by atoms with Gasteiger partial charge >= 0.3 is 0 Å². The molecule has 0 bridgehead atoms. The van der Waals surface area contributed by atoms with Crippen LogP contribution < -0.4 is 10.2 Å². The normalized spacial score (nSPS) is 23.3. The maximum atomic E-state index is 13.5. The van der Waals surface area contributed by atoms with Gasteiger partial charge in [0.1, 0.15) is 16.5 Å². The van der Waals surface area contributed by atoms with E-state index < -0.39 is 5.92 Å². The first-order chi connectivity index (χ1) is 13.4. The Bertz CT molecular complexity index is 865. The fourth-order valence-corrected chi connectivity index (χ4v) is 5.02. The average Bonchev–Trinajstić information content (AvgIpc) is 3.01. The zero-order valence-corrected chi connectivity index (χ0v) is 16.7. The van der Waals surface area contributed by atoms with Crippen molar-refractivity contribution in [3.63, 3.8) is 0 Å². The molecule has 3 fully saturated rings. The SMILES string of the molecule is Cc1csc(-c2cc(N3CC4(COC4)C3)cc(NC3CCC(F)(F)CC3)n2)n1. The molecule has 3 aliphatic rings. The van der Waals surface area contributed by atoms with E-state index >= 15 is 0 Å². The number of hydrogen-bond donors (Lipinski definition) is 1. The van der Waals surface area contributed by atoms with Crippen molar-refractivity contribution in [3.05, 3.63) is 23.2 Å². The smallest absolute Gasteiger partial charge is 0.248 e. The van der Waals surface area contributed by atoms with Crippen LogP contribution in [0.15, 0.2) is 17.5 Å². The lowest BCUT2D eigenvalue weighted by atomic mass is 9.78. The summed E-state index contributed by atoms with van der Waals surface area (Å²) >= 11 is 1.58. The molecule has 2 aliphatic heterocycles. The summed E-state index contributed by atoms with van der Waals surface area (Å²) in [4.78, 5) is 11.7. The summed E-state index contributed by atoms with van der Waals surface area (Å²) in [5, 5.41) is 6.32. The van der Waals surface area contributed by atoms with E-state index in [0.29, 0.717) is 18.3 Å². The summed E-state index contributed by atoms with van der Waals surface area (Å²) in [6, 6.07) is 4.17. The van der Waals surface area contributed by atoms with Crippen LogP contribution in [0.2, 0.25) is 0 Å². The van der Waals surface area contributed by atoms with E-state index in [4.69, 9.17) is 9.72 Å². The first-order valence-electron chi connectivity index (χ1n) is 9.82. The Kier molecular flexibility index (Phi) is 4.32. The number of ether oxygens (including phenoxy) is 1. The molecule has 0 unspecified atom stereocenters. The Hall–Kier alpha value is -1.80. The number of aryl methyl sites for hydroxylation is 1. The summed E-state index contributed by atoms with van der Waals surface area (Å²) in [5.74, 6) is -1.77. The summed E-state index contributed by atoms with van der Waals surface area (Å²) < 4.78 is 32.3. The number of pyridine rings is 1. The number of thiazole rings is 1.